The Bertz CT molecular complexity index is 484. The van der Waals surface area contributed by atoms with Gasteiger partial charge in [0.25, 0.3) is 0 Å². The molecular formula is C15H19NO3S. The fourth-order valence-corrected chi connectivity index (χ4v) is 2.33. The SMILES string of the molecule is C=CCOc1ccc(C(=S)N2CCOCC2)cc1OC. The van der Waals surface area contributed by atoms with Crippen molar-refractivity contribution in [3.8, 4) is 11.5 Å². The summed E-state index contributed by atoms with van der Waals surface area (Å²) < 4.78 is 16.2. The number of benzene rings is 1. The lowest BCUT2D eigenvalue weighted by Crippen LogP contribution is -2.40. The maximum absolute atomic E-state index is 5.54. The topological polar surface area (TPSA) is 30.9 Å². The highest BCUT2D eigenvalue weighted by atomic mass is 32.1. The Hall–Kier alpha value is -1.59. The summed E-state index contributed by atoms with van der Waals surface area (Å²) in [4.78, 5) is 2.97. The summed E-state index contributed by atoms with van der Waals surface area (Å²) in [5.41, 5.74) is 0.963. The van der Waals surface area contributed by atoms with Crippen molar-refractivity contribution in [2.75, 3.05) is 40.0 Å². The maximum atomic E-state index is 5.54. The third kappa shape index (κ3) is 3.49. The first-order chi connectivity index (χ1) is 9.76. The molecule has 0 bridgehead atoms. The average Bonchev–Trinajstić information content (AvgIpc) is 2.52. The zero-order valence-corrected chi connectivity index (χ0v) is 12.4. The van der Waals surface area contributed by atoms with Crippen LogP contribution < -0.4 is 9.47 Å². The zero-order valence-electron chi connectivity index (χ0n) is 11.6. The van der Waals surface area contributed by atoms with E-state index in [1.165, 1.54) is 0 Å². The van der Waals surface area contributed by atoms with Gasteiger partial charge in [0.05, 0.1) is 20.3 Å². The molecule has 20 heavy (non-hydrogen) atoms. The Kier molecular flexibility index (Phi) is 5.38. The Morgan fingerprint density at radius 2 is 2.15 bits per heavy atom. The van der Waals surface area contributed by atoms with Gasteiger partial charge in [0, 0.05) is 18.7 Å². The van der Waals surface area contributed by atoms with E-state index in [2.05, 4.69) is 11.5 Å². The molecule has 0 aliphatic carbocycles. The van der Waals surface area contributed by atoms with E-state index in [0.717, 1.165) is 36.9 Å². The van der Waals surface area contributed by atoms with Gasteiger partial charge in [-0.2, -0.15) is 0 Å². The van der Waals surface area contributed by atoms with E-state index in [4.69, 9.17) is 26.4 Å². The van der Waals surface area contributed by atoms with Gasteiger partial charge >= 0.3 is 0 Å². The minimum Gasteiger partial charge on any atom is -0.493 e. The molecule has 1 saturated heterocycles. The fraction of sp³-hybridized carbons (Fsp3) is 0.400. The van der Waals surface area contributed by atoms with Gasteiger partial charge in [0.1, 0.15) is 11.6 Å². The monoisotopic (exact) mass is 293 g/mol. The molecule has 1 aliphatic rings. The second-order valence-electron chi connectivity index (χ2n) is 4.37. The Balaban J connectivity index is 2.15. The van der Waals surface area contributed by atoms with Crippen LogP contribution in [-0.2, 0) is 4.74 Å². The predicted octanol–water partition coefficient (Wildman–Crippen LogP) is 2.27. The quantitative estimate of drug-likeness (QED) is 0.614. The molecule has 108 valence electrons. The summed E-state index contributed by atoms with van der Waals surface area (Å²) in [5, 5.41) is 0. The number of thiocarbonyl (C=S) groups is 1. The van der Waals surface area contributed by atoms with E-state index in [-0.39, 0.29) is 0 Å². The summed E-state index contributed by atoms with van der Waals surface area (Å²) in [6.45, 7) is 7.18. The van der Waals surface area contributed by atoms with Gasteiger partial charge in [0.2, 0.25) is 0 Å². The van der Waals surface area contributed by atoms with Crippen molar-refractivity contribution < 1.29 is 14.2 Å². The molecule has 0 aromatic heterocycles. The van der Waals surface area contributed by atoms with Crippen molar-refractivity contribution in [2.45, 2.75) is 0 Å². The molecule has 1 fully saturated rings. The van der Waals surface area contributed by atoms with E-state index < -0.39 is 0 Å². The molecule has 0 atom stereocenters. The lowest BCUT2D eigenvalue weighted by molar-refractivity contribution is 0.0693. The van der Waals surface area contributed by atoms with Crippen LogP contribution in [0.3, 0.4) is 0 Å². The highest BCUT2D eigenvalue weighted by molar-refractivity contribution is 7.80. The molecule has 0 unspecified atom stereocenters. The minimum atomic E-state index is 0.448. The molecule has 0 N–H and O–H groups in total. The molecule has 1 aromatic carbocycles. The van der Waals surface area contributed by atoms with Crippen molar-refractivity contribution >= 4 is 17.2 Å². The largest absolute Gasteiger partial charge is 0.493 e. The highest BCUT2D eigenvalue weighted by Gasteiger charge is 2.16. The highest BCUT2D eigenvalue weighted by Crippen LogP contribution is 2.28. The second kappa shape index (κ2) is 7.26. The van der Waals surface area contributed by atoms with Gasteiger partial charge < -0.3 is 19.1 Å². The Morgan fingerprint density at radius 3 is 2.80 bits per heavy atom. The van der Waals surface area contributed by atoms with Gasteiger partial charge in [-0.3, -0.25) is 0 Å². The summed E-state index contributed by atoms with van der Waals surface area (Å²) >= 11 is 5.54. The summed E-state index contributed by atoms with van der Waals surface area (Å²) in [7, 11) is 1.62. The first kappa shape index (κ1) is 14.8. The predicted molar refractivity (Wildman–Crippen MR) is 82.8 cm³/mol. The van der Waals surface area contributed by atoms with Gasteiger partial charge in [-0.05, 0) is 18.2 Å². The van der Waals surface area contributed by atoms with Crippen LogP contribution in [0, 0.1) is 0 Å². The van der Waals surface area contributed by atoms with Gasteiger partial charge in [-0.25, -0.2) is 0 Å². The number of morpholine rings is 1. The van der Waals surface area contributed by atoms with Crippen molar-refractivity contribution in [1.29, 1.82) is 0 Å². The summed E-state index contributed by atoms with van der Waals surface area (Å²) in [6, 6.07) is 5.75. The molecule has 0 saturated carbocycles. The first-order valence-corrected chi connectivity index (χ1v) is 6.96. The smallest absolute Gasteiger partial charge is 0.161 e. The molecule has 5 heteroatoms. The molecule has 1 heterocycles. The Labute approximate surface area is 124 Å². The molecule has 0 amide bonds. The van der Waals surface area contributed by atoms with Crippen molar-refractivity contribution in [2.24, 2.45) is 0 Å². The number of nitrogens with zero attached hydrogens (tertiary/aromatic N) is 1. The molecule has 0 spiro atoms. The zero-order chi connectivity index (χ0) is 14.4. The Morgan fingerprint density at radius 1 is 1.40 bits per heavy atom. The molecule has 2 rings (SSSR count). The number of ether oxygens (including phenoxy) is 3. The van der Waals surface area contributed by atoms with Crippen LogP contribution in [0.1, 0.15) is 5.56 Å². The third-order valence-corrected chi connectivity index (χ3v) is 3.56. The van der Waals surface area contributed by atoms with Crippen LogP contribution >= 0.6 is 12.2 Å². The number of rotatable bonds is 5. The molecule has 1 aromatic rings. The number of hydrogen-bond acceptors (Lipinski definition) is 4. The standard InChI is InChI=1S/C15H19NO3S/c1-3-8-19-13-5-4-12(11-14(13)17-2)15(20)16-6-9-18-10-7-16/h3-5,11H,1,6-10H2,2H3. The molecular weight excluding hydrogens is 274 g/mol. The molecule has 1 aliphatic heterocycles. The van der Waals surface area contributed by atoms with Crippen molar-refractivity contribution in [1.82, 2.24) is 4.90 Å². The van der Waals surface area contributed by atoms with Crippen LogP contribution in [0.25, 0.3) is 0 Å². The lowest BCUT2D eigenvalue weighted by atomic mass is 10.1. The second-order valence-corrected chi connectivity index (χ2v) is 4.76. The van der Waals surface area contributed by atoms with Crippen LogP contribution in [0.15, 0.2) is 30.9 Å². The van der Waals surface area contributed by atoms with Crippen molar-refractivity contribution in [3.05, 3.63) is 36.4 Å². The van der Waals surface area contributed by atoms with Gasteiger partial charge in [-0.1, -0.05) is 24.9 Å². The minimum absolute atomic E-state index is 0.448. The summed E-state index contributed by atoms with van der Waals surface area (Å²) in [5.74, 6) is 1.38. The van der Waals surface area contributed by atoms with Crippen LogP contribution in [0.5, 0.6) is 11.5 Å². The van der Waals surface area contributed by atoms with Crippen LogP contribution in [0.2, 0.25) is 0 Å². The van der Waals surface area contributed by atoms with E-state index >= 15 is 0 Å². The molecule has 4 nitrogen and oxygen atoms in total. The van der Waals surface area contributed by atoms with Gasteiger partial charge in [-0.15, -0.1) is 0 Å². The normalized spacial score (nSPS) is 14.8. The van der Waals surface area contributed by atoms with Crippen LogP contribution in [0.4, 0.5) is 0 Å². The van der Waals surface area contributed by atoms with Gasteiger partial charge in [0.15, 0.2) is 11.5 Å². The average molecular weight is 293 g/mol. The van der Waals surface area contributed by atoms with E-state index in [0.29, 0.717) is 18.1 Å². The van der Waals surface area contributed by atoms with Crippen molar-refractivity contribution in [3.63, 3.8) is 0 Å². The lowest BCUT2D eigenvalue weighted by Gasteiger charge is -2.29. The molecule has 0 radical (unpaired) electrons. The van der Waals surface area contributed by atoms with E-state index in [1.54, 1.807) is 13.2 Å². The van der Waals surface area contributed by atoms with E-state index in [9.17, 15) is 0 Å². The van der Waals surface area contributed by atoms with E-state index in [1.807, 2.05) is 18.2 Å². The number of methoxy groups -OCH3 is 1. The third-order valence-electron chi connectivity index (χ3n) is 3.07. The van der Waals surface area contributed by atoms with Crippen LogP contribution in [-0.4, -0.2) is 49.9 Å². The maximum Gasteiger partial charge on any atom is 0.161 e. The summed E-state index contributed by atoms with van der Waals surface area (Å²) in [6.07, 6.45) is 1.70. The number of hydrogen-bond donors (Lipinski definition) is 0. The fourth-order valence-electron chi connectivity index (χ4n) is 2.02. The first-order valence-electron chi connectivity index (χ1n) is 6.55.